The molecule has 0 aliphatic carbocycles. The topological polar surface area (TPSA) is 0 Å². The van der Waals surface area contributed by atoms with Gasteiger partial charge < -0.3 is 0 Å². The van der Waals surface area contributed by atoms with E-state index in [1.54, 1.807) is 0 Å². The van der Waals surface area contributed by atoms with E-state index in [2.05, 4.69) is 89.2 Å². The first-order chi connectivity index (χ1) is 8.69. The molecule has 100 valence electrons. The number of hydrogen-bond donors (Lipinski definition) is 0. The molecule has 0 amide bonds. The normalized spacial score (nSPS) is 9.78. The molecule has 0 aliphatic heterocycles. The van der Waals surface area contributed by atoms with Crippen LogP contribution >= 0.6 is 35.4 Å². The molecular weight excluding hydrogens is 465 g/mol. The van der Waals surface area contributed by atoms with Crippen molar-refractivity contribution in [2.24, 2.45) is 0 Å². The van der Waals surface area contributed by atoms with Gasteiger partial charge in [-0.15, -0.1) is 0 Å². The third-order valence-electron chi connectivity index (χ3n) is 2.56. The molecule has 2 aromatic rings. The van der Waals surface area contributed by atoms with Crippen LogP contribution in [0.3, 0.4) is 0 Å². The average Bonchev–Trinajstić information content (AvgIpc) is 2.36. The van der Waals surface area contributed by atoms with Gasteiger partial charge in [0.05, 0.1) is 0 Å². The van der Waals surface area contributed by atoms with Crippen LogP contribution in [0.2, 0.25) is 0 Å². The van der Waals surface area contributed by atoms with E-state index >= 15 is 0 Å². The number of rotatable bonds is 2. The first-order valence-corrected chi connectivity index (χ1v) is 13.5. The van der Waals surface area contributed by atoms with E-state index in [-0.39, 0.29) is 0 Å². The molecule has 0 unspecified atom stereocenters. The standard InChI is InChI=1S/C14H15P.2BrH.Pd/c1-11-7-3-5-9-13(11)15-14-10-6-4-8-12(14)2;;;/h3-10,15H,1-2H3;2*1H;/q;;;+2/p-2. The molecular formula is C14H15Br2PPd. The third-order valence-corrected chi connectivity index (χ3v) is 4.22. The van der Waals surface area contributed by atoms with Crippen LogP contribution in [0, 0.1) is 13.8 Å². The Hall–Kier alpha value is 0.492. The fourth-order valence-corrected chi connectivity index (χ4v) is 2.78. The van der Waals surface area contributed by atoms with Crippen LogP contribution in [0.4, 0.5) is 0 Å². The third kappa shape index (κ3) is 5.64. The van der Waals surface area contributed by atoms with Crippen molar-refractivity contribution in [3.63, 3.8) is 0 Å². The van der Waals surface area contributed by atoms with E-state index in [9.17, 15) is 0 Å². The predicted octanol–water partition coefficient (Wildman–Crippen LogP) is 4.62. The zero-order valence-corrected chi connectivity index (χ0v) is 15.9. The van der Waals surface area contributed by atoms with E-state index in [0.29, 0.717) is 13.9 Å². The minimum atomic E-state index is 0.575. The van der Waals surface area contributed by atoms with Crippen LogP contribution < -0.4 is 10.6 Å². The fourth-order valence-electron chi connectivity index (χ4n) is 1.57. The second-order valence-corrected chi connectivity index (χ2v) is 12.3. The first kappa shape index (κ1) is 16.5. The van der Waals surface area contributed by atoms with Gasteiger partial charge in [0.1, 0.15) is 0 Å². The van der Waals surface area contributed by atoms with Crippen molar-refractivity contribution in [3.8, 4) is 0 Å². The summed E-state index contributed by atoms with van der Waals surface area (Å²) in [5, 5.41) is 2.90. The monoisotopic (exact) mass is 478 g/mol. The Bertz CT molecular complexity index is 445. The Morgan fingerprint density at radius 3 is 1.44 bits per heavy atom. The molecule has 2 rings (SSSR count). The van der Waals surface area contributed by atoms with Gasteiger partial charge >= 0.3 is 40.8 Å². The summed E-state index contributed by atoms with van der Waals surface area (Å²) in [6, 6.07) is 17.2. The van der Waals surface area contributed by atoms with Gasteiger partial charge in [-0.3, -0.25) is 0 Å². The molecule has 0 aromatic heterocycles. The van der Waals surface area contributed by atoms with E-state index < -0.39 is 0 Å². The molecule has 0 heterocycles. The van der Waals surface area contributed by atoms with Crippen LogP contribution in [0.5, 0.6) is 0 Å². The summed E-state index contributed by atoms with van der Waals surface area (Å²) in [5.74, 6) is 0. The summed E-state index contributed by atoms with van der Waals surface area (Å²) in [6.07, 6.45) is 0. The molecule has 0 bridgehead atoms. The molecule has 0 atom stereocenters. The predicted molar refractivity (Wildman–Crippen MR) is 87.8 cm³/mol. The molecule has 0 saturated heterocycles. The molecule has 0 fully saturated rings. The zero-order chi connectivity index (χ0) is 13.4. The van der Waals surface area contributed by atoms with E-state index in [1.807, 2.05) is 0 Å². The van der Waals surface area contributed by atoms with Crippen LogP contribution in [0.25, 0.3) is 0 Å². The zero-order valence-electron chi connectivity index (χ0n) is 10.2. The van der Waals surface area contributed by atoms with Crippen molar-refractivity contribution in [3.05, 3.63) is 59.7 Å². The second kappa shape index (κ2) is 9.40. The van der Waals surface area contributed by atoms with Gasteiger partial charge in [-0.25, -0.2) is 0 Å². The molecule has 2 aromatic carbocycles. The number of halogens is 2. The number of aryl methyl sites for hydroxylation is 2. The molecule has 4 heteroatoms. The van der Waals surface area contributed by atoms with E-state index in [4.69, 9.17) is 0 Å². The summed E-state index contributed by atoms with van der Waals surface area (Å²) >= 11 is 6.80. The van der Waals surface area contributed by atoms with Crippen LogP contribution in [-0.4, -0.2) is 0 Å². The summed E-state index contributed by atoms with van der Waals surface area (Å²) in [4.78, 5) is 0. The molecule has 0 saturated carbocycles. The Morgan fingerprint density at radius 1 is 0.778 bits per heavy atom. The van der Waals surface area contributed by atoms with Gasteiger partial charge in [0.25, 0.3) is 0 Å². The summed E-state index contributed by atoms with van der Waals surface area (Å²) in [7, 11) is 0.774. The van der Waals surface area contributed by atoms with Gasteiger partial charge in [-0.05, 0) is 35.6 Å². The molecule has 0 N–H and O–H groups in total. The molecule has 18 heavy (non-hydrogen) atoms. The van der Waals surface area contributed by atoms with Crippen molar-refractivity contribution < 1.29 is 13.9 Å². The fraction of sp³-hybridized carbons (Fsp3) is 0.143. The van der Waals surface area contributed by atoms with Gasteiger partial charge in [-0.1, -0.05) is 57.1 Å². The van der Waals surface area contributed by atoms with Gasteiger partial charge in [0.15, 0.2) is 0 Å². The van der Waals surface area contributed by atoms with Crippen molar-refractivity contribution in [2.45, 2.75) is 13.8 Å². The van der Waals surface area contributed by atoms with Gasteiger partial charge in [0.2, 0.25) is 0 Å². The van der Waals surface area contributed by atoms with Gasteiger partial charge in [0, 0.05) is 0 Å². The van der Waals surface area contributed by atoms with E-state index in [1.165, 1.54) is 21.7 Å². The number of hydrogen-bond acceptors (Lipinski definition) is 0. The Kier molecular flexibility index (Phi) is 8.65. The van der Waals surface area contributed by atoms with Crippen LogP contribution in [0.1, 0.15) is 11.1 Å². The average molecular weight is 480 g/mol. The molecule has 0 aliphatic rings. The molecule has 0 radical (unpaired) electrons. The van der Waals surface area contributed by atoms with E-state index in [0.717, 1.165) is 8.58 Å². The molecule has 0 nitrogen and oxygen atoms in total. The second-order valence-electron chi connectivity index (χ2n) is 3.80. The quantitative estimate of drug-likeness (QED) is 0.435. The summed E-state index contributed by atoms with van der Waals surface area (Å²) in [5.41, 5.74) is 2.78. The maximum atomic E-state index is 3.11. The van der Waals surface area contributed by atoms with Crippen LogP contribution in [-0.2, 0) is 13.9 Å². The Balaban J connectivity index is 0.000000492. The van der Waals surface area contributed by atoms with Crippen LogP contribution in [0.15, 0.2) is 48.5 Å². The van der Waals surface area contributed by atoms with Crippen molar-refractivity contribution in [2.75, 3.05) is 0 Å². The van der Waals surface area contributed by atoms with Crippen molar-refractivity contribution in [1.29, 1.82) is 0 Å². The van der Waals surface area contributed by atoms with Gasteiger partial charge in [-0.2, -0.15) is 0 Å². The summed E-state index contributed by atoms with van der Waals surface area (Å²) < 4.78 is 0. The van der Waals surface area contributed by atoms with Crippen molar-refractivity contribution in [1.82, 2.24) is 0 Å². The molecule has 0 spiro atoms. The SMILES string of the molecule is Cc1ccccc1Pc1ccccc1C.[Br][Pd][Br]. The number of benzene rings is 2. The maximum absolute atomic E-state index is 3.11. The summed E-state index contributed by atoms with van der Waals surface area (Å²) in [6.45, 7) is 4.36. The van der Waals surface area contributed by atoms with Crippen molar-refractivity contribution >= 4 is 46.0 Å². The Morgan fingerprint density at radius 2 is 1.11 bits per heavy atom. The first-order valence-electron chi connectivity index (χ1n) is 5.39. The Labute approximate surface area is 132 Å². The minimum absolute atomic E-state index is 0.575.